The summed E-state index contributed by atoms with van der Waals surface area (Å²) < 4.78 is 11.7. The molecule has 1 heterocycles. The predicted molar refractivity (Wildman–Crippen MR) is 142 cm³/mol. The number of urea groups is 1. The van der Waals surface area contributed by atoms with E-state index >= 15 is 0 Å². The van der Waals surface area contributed by atoms with Crippen molar-refractivity contribution >= 4 is 57.1 Å². The minimum Gasteiger partial charge on any atom is -0.497 e. The molecule has 0 aromatic heterocycles. The number of nitrogens with zero attached hydrogens (tertiary/aromatic N) is 1. The smallest absolute Gasteiger partial charge is 0.335 e. The number of nitrogens with one attached hydrogen (secondary N) is 1. The summed E-state index contributed by atoms with van der Waals surface area (Å²) in [5, 5.41) is 2.88. The molecule has 1 aliphatic heterocycles. The highest BCUT2D eigenvalue weighted by Crippen LogP contribution is 2.34. The molecule has 3 aromatic carbocycles. The van der Waals surface area contributed by atoms with Gasteiger partial charge in [0.1, 0.15) is 17.1 Å². The predicted octanol–water partition coefficient (Wildman–Crippen LogP) is 5.77. The van der Waals surface area contributed by atoms with Crippen molar-refractivity contribution in [2.45, 2.75) is 13.3 Å². The molecule has 4 amide bonds. The van der Waals surface area contributed by atoms with Gasteiger partial charge in [0, 0.05) is 21.5 Å². The molecule has 7 nitrogen and oxygen atoms in total. The highest BCUT2D eigenvalue weighted by atomic mass is 79.9. The quantitative estimate of drug-likeness (QED) is 0.289. The van der Waals surface area contributed by atoms with Crippen LogP contribution in [0.2, 0.25) is 5.02 Å². The van der Waals surface area contributed by atoms with Gasteiger partial charge in [-0.05, 0) is 66.6 Å². The molecule has 1 saturated heterocycles. The number of anilines is 1. The lowest BCUT2D eigenvalue weighted by Gasteiger charge is -2.26. The molecular weight excluding hydrogens is 548 g/mol. The normalized spacial score (nSPS) is 14.7. The van der Waals surface area contributed by atoms with E-state index in [9.17, 15) is 14.4 Å². The first kappa shape index (κ1) is 25.5. The van der Waals surface area contributed by atoms with Gasteiger partial charge in [0.2, 0.25) is 0 Å². The number of hydrogen-bond acceptors (Lipinski definition) is 5. The summed E-state index contributed by atoms with van der Waals surface area (Å²) >= 11 is 9.96. The maximum Gasteiger partial charge on any atom is 0.335 e. The lowest BCUT2D eigenvalue weighted by molar-refractivity contribution is -0.122. The zero-order chi connectivity index (χ0) is 25.8. The van der Waals surface area contributed by atoms with E-state index in [0.717, 1.165) is 20.5 Å². The van der Waals surface area contributed by atoms with Crippen LogP contribution in [0.25, 0.3) is 6.08 Å². The number of imide groups is 2. The Kier molecular flexibility index (Phi) is 7.76. The average Bonchev–Trinajstić information content (AvgIpc) is 2.85. The Balaban J connectivity index is 1.71. The molecule has 3 aromatic rings. The Morgan fingerprint density at radius 3 is 2.44 bits per heavy atom. The van der Waals surface area contributed by atoms with E-state index in [1.54, 1.807) is 36.4 Å². The number of halogens is 2. The van der Waals surface area contributed by atoms with Gasteiger partial charge in [0.25, 0.3) is 11.8 Å². The van der Waals surface area contributed by atoms with Gasteiger partial charge < -0.3 is 9.47 Å². The van der Waals surface area contributed by atoms with E-state index in [0.29, 0.717) is 40.8 Å². The molecule has 1 fully saturated rings. The molecular formula is C27H22BrClN2O5. The van der Waals surface area contributed by atoms with E-state index < -0.39 is 17.8 Å². The van der Waals surface area contributed by atoms with E-state index in [4.69, 9.17) is 21.1 Å². The van der Waals surface area contributed by atoms with Gasteiger partial charge in [-0.2, -0.15) is 0 Å². The summed E-state index contributed by atoms with van der Waals surface area (Å²) in [4.78, 5) is 39.2. The maximum atomic E-state index is 13.2. The van der Waals surface area contributed by atoms with Crippen molar-refractivity contribution in [3.05, 3.63) is 92.4 Å². The van der Waals surface area contributed by atoms with Crippen LogP contribution in [0.4, 0.5) is 10.5 Å². The highest BCUT2D eigenvalue weighted by Gasteiger charge is 2.36. The zero-order valence-corrected chi connectivity index (χ0v) is 21.9. The van der Waals surface area contributed by atoms with Gasteiger partial charge in [0.15, 0.2) is 0 Å². The molecule has 0 radical (unpaired) electrons. The summed E-state index contributed by atoms with van der Waals surface area (Å²) in [5.74, 6) is -0.349. The fraction of sp³-hybridized carbons (Fsp3) is 0.148. The standard InChI is InChI=1S/C27H22BrClN2O5/c1-3-36-24-14-16(13-22(28)20(24)15-17-6-4-5-7-23(17)29)12-21-25(32)30-27(34)31(26(21)33)18-8-10-19(35-2)11-9-18/h4-14H,3,15H2,1-2H3,(H,30,32,34)/b21-12+. The minimum atomic E-state index is -0.821. The van der Waals surface area contributed by atoms with Crippen LogP contribution in [0.1, 0.15) is 23.6 Å². The summed E-state index contributed by atoms with van der Waals surface area (Å²) in [6, 6.07) is 16.6. The van der Waals surface area contributed by atoms with E-state index in [2.05, 4.69) is 21.2 Å². The second-order valence-electron chi connectivity index (χ2n) is 7.84. The Morgan fingerprint density at radius 2 is 1.78 bits per heavy atom. The second kappa shape index (κ2) is 11.0. The van der Waals surface area contributed by atoms with Gasteiger partial charge in [0.05, 0.1) is 19.4 Å². The first-order valence-corrected chi connectivity index (χ1v) is 12.2. The van der Waals surface area contributed by atoms with Gasteiger partial charge >= 0.3 is 6.03 Å². The van der Waals surface area contributed by atoms with Crippen molar-refractivity contribution < 1.29 is 23.9 Å². The monoisotopic (exact) mass is 568 g/mol. The topological polar surface area (TPSA) is 84.9 Å². The van der Waals surface area contributed by atoms with Gasteiger partial charge in [-0.25, -0.2) is 9.69 Å². The van der Waals surface area contributed by atoms with Crippen LogP contribution < -0.4 is 19.7 Å². The van der Waals surface area contributed by atoms with E-state index in [-0.39, 0.29) is 5.57 Å². The number of hydrogen-bond donors (Lipinski definition) is 1. The van der Waals surface area contributed by atoms with E-state index in [1.165, 1.54) is 13.2 Å². The number of ether oxygens (including phenoxy) is 2. The molecule has 0 bridgehead atoms. The number of amides is 4. The van der Waals surface area contributed by atoms with Crippen molar-refractivity contribution in [2.75, 3.05) is 18.6 Å². The number of methoxy groups -OCH3 is 1. The van der Waals surface area contributed by atoms with Crippen molar-refractivity contribution in [2.24, 2.45) is 0 Å². The Morgan fingerprint density at radius 1 is 1.06 bits per heavy atom. The van der Waals surface area contributed by atoms with Crippen molar-refractivity contribution in [3.63, 3.8) is 0 Å². The number of barbiturate groups is 1. The van der Waals surface area contributed by atoms with Crippen molar-refractivity contribution in [1.82, 2.24) is 5.32 Å². The lowest BCUT2D eigenvalue weighted by atomic mass is 10.0. The van der Waals surface area contributed by atoms with Crippen LogP contribution in [0.3, 0.4) is 0 Å². The molecule has 0 atom stereocenters. The first-order chi connectivity index (χ1) is 17.3. The Bertz CT molecular complexity index is 1370. The van der Waals surface area contributed by atoms with Gasteiger partial charge in [-0.3, -0.25) is 14.9 Å². The van der Waals surface area contributed by atoms with Crippen LogP contribution in [0.15, 0.2) is 70.7 Å². The molecule has 184 valence electrons. The highest BCUT2D eigenvalue weighted by molar-refractivity contribution is 9.10. The Labute approximate surface area is 221 Å². The first-order valence-electron chi connectivity index (χ1n) is 11.1. The fourth-order valence-electron chi connectivity index (χ4n) is 3.79. The largest absolute Gasteiger partial charge is 0.497 e. The number of carbonyl (C=O) groups is 3. The third-order valence-corrected chi connectivity index (χ3v) is 6.62. The van der Waals surface area contributed by atoms with Crippen molar-refractivity contribution in [3.8, 4) is 11.5 Å². The van der Waals surface area contributed by atoms with Crippen LogP contribution in [0.5, 0.6) is 11.5 Å². The van der Waals surface area contributed by atoms with Gasteiger partial charge in [-0.15, -0.1) is 0 Å². The minimum absolute atomic E-state index is 0.182. The van der Waals surface area contributed by atoms with E-state index in [1.807, 2.05) is 31.2 Å². The van der Waals surface area contributed by atoms with Crippen LogP contribution >= 0.6 is 27.5 Å². The van der Waals surface area contributed by atoms with Crippen LogP contribution in [0, 0.1) is 0 Å². The molecule has 0 saturated carbocycles. The number of rotatable bonds is 7. The molecule has 1 aliphatic rings. The molecule has 4 rings (SSSR count). The SMILES string of the molecule is CCOc1cc(/C=C2\C(=O)NC(=O)N(c3ccc(OC)cc3)C2=O)cc(Br)c1Cc1ccccc1Cl. The maximum absolute atomic E-state index is 13.2. The Hall–Kier alpha value is -3.62. The molecule has 36 heavy (non-hydrogen) atoms. The number of carbonyl (C=O) groups excluding carboxylic acids is 3. The van der Waals surface area contributed by atoms with Crippen LogP contribution in [-0.4, -0.2) is 31.6 Å². The third-order valence-electron chi connectivity index (χ3n) is 5.55. The molecule has 0 spiro atoms. The van der Waals surface area contributed by atoms with Crippen molar-refractivity contribution in [1.29, 1.82) is 0 Å². The second-order valence-corrected chi connectivity index (χ2v) is 9.10. The molecule has 0 unspecified atom stereocenters. The molecule has 1 N–H and O–H groups in total. The summed E-state index contributed by atoms with van der Waals surface area (Å²) in [7, 11) is 1.52. The summed E-state index contributed by atoms with van der Waals surface area (Å²) in [5.41, 5.74) is 2.49. The summed E-state index contributed by atoms with van der Waals surface area (Å²) in [6.07, 6.45) is 1.96. The lowest BCUT2D eigenvalue weighted by Crippen LogP contribution is -2.54. The summed E-state index contributed by atoms with van der Waals surface area (Å²) in [6.45, 7) is 2.29. The zero-order valence-electron chi connectivity index (χ0n) is 19.5. The third kappa shape index (κ3) is 5.29. The van der Waals surface area contributed by atoms with Crippen LogP contribution in [-0.2, 0) is 16.0 Å². The molecule has 9 heteroatoms. The number of benzene rings is 3. The molecule has 0 aliphatic carbocycles. The van der Waals surface area contributed by atoms with Gasteiger partial charge in [-0.1, -0.05) is 45.7 Å². The fourth-order valence-corrected chi connectivity index (χ4v) is 4.60. The average molecular weight is 570 g/mol.